The van der Waals surface area contributed by atoms with Crippen molar-refractivity contribution in [1.29, 1.82) is 5.26 Å². The number of nitrogens with one attached hydrogen (secondary N) is 1. The first-order chi connectivity index (χ1) is 6.78. The molecule has 0 aromatic rings. The maximum absolute atomic E-state index is 8.55. The van der Waals surface area contributed by atoms with Gasteiger partial charge in [-0.05, 0) is 19.4 Å². The fraction of sp³-hybridized carbons (Fsp3) is 0.727. The van der Waals surface area contributed by atoms with Crippen molar-refractivity contribution in [2.75, 3.05) is 26.7 Å². The van der Waals surface area contributed by atoms with Crippen LogP contribution in [0.3, 0.4) is 0 Å². The molecule has 3 nitrogen and oxygen atoms in total. The maximum Gasteiger partial charge on any atom is 0.0865 e. The molecule has 0 aromatic heterocycles. The van der Waals surface area contributed by atoms with Crippen LogP contribution in [0, 0.1) is 11.3 Å². The van der Waals surface area contributed by atoms with Crippen LogP contribution in [-0.2, 0) is 0 Å². The Balaban J connectivity index is 3.80. The van der Waals surface area contributed by atoms with Crippen LogP contribution < -0.4 is 5.32 Å². The van der Waals surface area contributed by atoms with Gasteiger partial charge in [0.1, 0.15) is 0 Å². The molecule has 0 rings (SSSR count). The van der Waals surface area contributed by atoms with Gasteiger partial charge in [-0.2, -0.15) is 5.26 Å². The average molecular weight is 195 g/mol. The van der Waals surface area contributed by atoms with Crippen molar-refractivity contribution in [3.63, 3.8) is 0 Å². The van der Waals surface area contributed by atoms with Crippen LogP contribution >= 0.6 is 0 Å². The van der Waals surface area contributed by atoms with Gasteiger partial charge in [-0.3, -0.25) is 4.90 Å². The second-order valence-electron chi connectivity index (χ2n) is 3.15. The van der Waals surface area contributed by atoms with E-state index in [4.69, 9.17) is 5.26 Å². The Labute approximate surface area is 87.4 Å². The molecule has 0 atom stereocenters. The van der Waals surface area contributed by atoms with Gasteiger partial charge in [0.05, 0.1) is 12.6 Å². The largest absolute Gasteiger partial charge is 0.392 e. The summed E-state index contributed by atoms with van der Waals surface area (Å²) in [6.07, 6.45) is 4.26. The molecule has 0 radical (unpaired) electrons. The smallest absolute Gasteiger partial charge is 0.0865 e. The fourth-order valence-electron chi connectivity index (χ4n) is 1.29. The van der Waals surface area contributed by atoms with Crippen molar-refractivity contribution >= 4 is 0 Å². The highest BCUT2D eigenvalue weighted by Gasteiger charge is 1.98. The summed E-state index contributed by atoms with van der Waals surface area (Å²) in [5, 5.41) is 11.7. The molecular weight excluding hydrogens is 174 g/mol. The van der Waals surface area contributed by atoms with Crippen LogP contribution in [0.2, 0.25) is 0 Å². The molecular formula is C11H21N3. The SMILES string of the molecule is CC/C(=C\CCN(CC)CC#N)NC. The number of allylic oxidation sites excluding steroid dienone is 1. The standard InChI is InChI=1S/C11H21N3/c1-4-11(13-3)7-6-9-14(5-2)10-8-12/h7,13H,4-6,9-10H2,1-3H3/b11-7+. The zero-order chi connectivity index (χ0) is 10.8. The second-order valence-corrected chi connectivity index (χ2v) is 3.15. The molecule has 0 bridgehead atoms. The first-order valence-electron chi connectivity index (χ1n) is 5.24. The molecule has 14 heavy (non-hydrogen) atoms. The molecule has 0 aromatic carbocycles. The summed E-state index contributed by atoms with van der Waals surface area (Å²) in [6.45, 7) is 6.66. The lowest BCUT2D eigenvalue weighted by molar-refractivity contribution is 0.329. The van der Waals surface area contributed by atoms with E-state index >= 15 is 0 Å². The summed E-state index contributed by atoms with van der Waals surface area (Å²) in [6, 6.07) is 2.17. The molecule has 0 fully saturated rings. The van der Waals surface area contributed by atoms with Crippen LogP contribution in [0.1, 0.15) is 26.7 Å². The van der Waals surface area contributed by atoms with Crippen molar-refractivity contribution < 1.29 is 0 Å². The third-order valence-electron chi connectivity index (χ3n) is 2.28. The summed E-state index contributed by atoms with van der Waals surface area (Å²) < 4.78 is 0. The van der Waals surface area contributed by atoms with Gasteiger partial charge in [0.25, 0.3) is 0 Å². The van der Waals surface area contributed by atoms with Crippen LogP contribution in [-0.4, -0.2) is 31.6 Å². The molecule has 1 N–H and O–H groups in total. The second kappa shape index (κ2) is 8.58. The van der Waals surface area contributed by atoms with Crippen LogP contribution in [0.25, 0.3) is 0 Å². The van der Waals surface area contributed by atoms with Gasteiger partial charge in [0, 0.05) is 19.3 Å². The number of hydrogen-bond donors (Lipinski definition) is 1. The van der Waals surface area contributed by atoms with Crippen LogP contribution in [0.4, 0.5) is 0 Å². The summed E-state index contributed by atoms with van der Waals surface area (Å²) in [5.74, 6) is 0. The highest BCUT2D eigenvalue weighted by Crippen LogP contribution is 1.98. The zero-order valence-corrected chi connectivity index (χ0v) is 9.51. The number of nitrogens with zero attached hydrogens (tertiary/aromatic N) is 2. The molecule has 0 amide bonds. The van der Waals surface area contributed by atoms with Gasteiger partial charge in [0.2, 0.25) is 0 Å². The third-order valence-corrected chi connectivity index (χ3v) is 2.28. The van der Waals surface area contributed by atoms with Crippen LogP contribution in [0.15, 0.2) is 11.8 Å². The van der Waals surface area contributed by atoms with E-state index in [0.717, 1.165) is 25.9 Å². The Hall–Kier alpha value is -1.01. The zero-order valence-electron chi connectivity index (χ0n) is 9.51. The number of hydrogen-bond acceptors (Lipinski definition) is 3. The van der Waals surface area contributed by atoms with E-state index in [1.807, 2.05) is 7.05 Å². The summed E-state index contributed by atoms with van der Waals surface area (Å²) in [7, 11) is 1.95. The molecule has 0 aliphatic carbocycles. The molecule has 0 spiro atoms. The molecule has 0 heterocycles. The topological polar surface area (TPSA) is 39.1 Å². The predicted molar refractivity (Wildman–Crippen MR) is 59.8 cm³/mol. The van der Waals surface area contributed by atoms with Gasteiger partial charge < -0.3 is 5.32 Å². The minimum atomic E-state index is 0.533. The minimum absolute atomic E-state index is 0.533. The lowest BCUT2D eigenvalue weighted by Gasteiger charge is -2.15. The predicted octanol–water partition coefficient (Wildman–Crippen LogP) is 1.74. The average Bonchev–Trinajstić information content (AvgIpc) is 2.23. The van der Waals surface area contributed by atoms with Gasteiger partial charge in [0.15, 0.2) is 0 Å². The summed E-state index contributed by atoms with van der Waals surface area (Å²) in [5.41, 5.74) is 1.28. The van der Waals surface area contributed by atoms with Crippen molar-refractivity contribution in [1.82, 2.24) is 10.2 Å². The molecule has 3 heteroatoms. The Morgan fingerprint density at radius 3 is 2.64 bits per heavy atom. The summed E-state index contributed by atoms with van der Waals surface area (Å²) >= 11 is 0. The highest BCUT2D eigenvalue weighted by molar-refractivity contribution is 4.97. The maximum atomic E-state index is 8.55. The minimum Gasteiger partial charge on any atom is -0.392 e. The van der Waals surface area contributed by atoms with E-state index in [9.17, 15) is 0 Å². The molecule has 0 aliphatic rings. The molecule has 80 valence electrons. The van der Waals surface area contributed by atoms with Gasteiger partial charge in [-0.15, -0.1) is 0 Å². The molecule has 0 saturated heterocycles. The number of nitriles is 1. The Morgan fingerprint density at radius 1 is 1.50 bits per heavy atom. The van der Waals surface area contributed by atoms with Crippen molar-refractivity contribution in [3.05, 3.63) is 11.8 Å². The molecule has 0 saturated carbocycles. The van der Waals surface area contributed by atoms with Crippen molar-refractivity contribution in [2.24, 2.45) is 0 Å². The highest BCUT2D eigenvalue weighted by atomic mass is 15.1. The van der Waals surface area contributed by atoms with E-state index in [-0.39, 0.29) is 0 Å². The quantitative estimate of drug-likeness (QED) is 0.629. The van der Waals surface area contributed by atoms with Crippen molar-refractivity contribution in [2.45, 2.75) is 26.7 Å². The van der Waals surface area contributed by atoms with E-state index in [1.54, 1.807) is 0 Å². The van der Waals surface area contributed by atoms with Crippen molar-refractivity contribution in [3.8, 4) is 6.07 Å². The lowest BCUT2D eigenvalue weighted by atomic mass is 10.2. The van der Waals surface area contributed by atoms with Crippen LogP contribution in [0.5, 0.6) is 0 Å². The molecule has 0 aliphatic heterocycles. The van der Waals surface area contributed by atoms with E-state index < -0.39 is 0 Å². The first-order valence-corrected chi connectivity index (χ1v) is 5.24. The lowest BCUT2D eigenvalue weighted by Crippen LogP contribution is -2.24. The Bertz CT molecular complexity index is 197. The first kappa shape index (κ1) is 13.0. The van der Waals surface area contributed by atoms with E-state index in [0.29, 0.717) is 6.54 Å². The third kappa shape index (κ3) is 5.60. The molecule has 0 unspecified atom stereocenters. The van der Waals surface area contributed by atoms with Gasteiger partial charge in [-0.25, -0.2) is 0 Å². The Kier molecular flexibility index (Phi) is 7.96. The van der Waals surface area contributed by atoms with Gasteiger partial charge in [-0.1, -0.05) is 19.9 Å². The monoisotopic (exact) mass is 195 g/mol. The van der Waals surface area contributed by atoms with E-state index in [2.05, 4.69) is 36.2 Å². The fourth-order valence-corrected chi connectivity index (χ4v) is 1.29. The van der Waals surface area contributed by atoms with Gasteiger partial charge >= 0.3 is 0 Å². The van der Waals surface area contributed by atoms with E-state index in [1.165, 1.54) is 5.70 Å². The summed E-state index contributed by atoms with van der Waals surface area (Å²) in [4.78, 5) is 2.14. The Morgan fingerprint density at radius 2 is 2.21 bits per heavy atom. The number of rotatable bonds is 7. The normalized spacial score (nSPS) is 11.5.